The largest absolute Gasteiger partial charge is 0.496 e. The lowest BCUT2D eigenvalue weighted by molar-refractivity contribution is -0.141. The minimum Gasteiger partial charge on any atom is -0.496 e. The number of nitrogens with zero attached hydrogens (tertiary/aromatic N) is 3. The molecule has 0 saturated heterocycles. The van der Waals surface area contributed by atoms with E-state index >= 15 is 0 Å². The average Bonchev–Trinajstić information content (AvgIpc) is 2.87. The van der Waals surface area contributed by atoms with Crippen molar-refractivity contribution in [2.75, 3.05) is 14.2 Å². The monoisotopic (exact) mass is 333 g/mol. The second-order valence-electron chi connectivity index (χ2n) is 4.85. The fraction of sp³-hybridized carbons (Fsp3) is 0.357. The van der Waals surface area contributed by atoms with Gasteiger partial charge in [-0.2, -0.15) is 18.3 Å². The zero-order valence-electron chi connectivity index (χ0n) is 12.1. The summed E-state index contributed by atoms with van der Waals surface area (Å²) >= 11 is 5.95. The summed E-state index contributed by atoms with van der Waals surface area (Å²) < 4.78 is 44.0. The number of halogens is 4. The van der Waals surface area contributed by atoms with E-state index in [-0.39, 0.29) is 6.67 Å². The summed E-state index contributed by atoms with van der Waals surface area (Å²) in [6.45, 7) is 0.677. The van der Waals surface area contributed by atoms with Crippen LogP contribution in [0.15, 0.2) is 30.5 Å². The van der Waals surface area contributed by atoms with Crippen molar-refractivity contribution in [2.45, 2.75) is 19.4 Å². The molecule has 0 amide bonds. The Labute approximate surface area is 131 Å². The van der Waals surface area contributed by atoms with Crippen LogP contribution in [0.2, 0.25) is 5.02 Å². The average molecular weight is 334 g/mol. The van der Waals surface area contributed by atoms with Crippen molar-refractivity contribution in [3.63, 3.8) is 0 Å². The van der Waals surface area contributed by atoms with E-state index in [0.29, 0.717) is 17.3 Å². The molecule has 0 spiro atoms. The summed E-state index contributed by atoms with van der Waals surface area (Å²) in [5.74, 6) is 0.674. The Morgan fingerprint density at radius 2 is 2.05 bits per heavy atom. The topological polar surface area (TPSA) is 30.3 Å². The van der Waals surface area contributed by atoms with Crippen LogP contribution in [0, 0.1) is 0 Å². The van der Waals surface area contributed by atoms with Crippen molar-refractivity contribution in [1.29, 1.82) is 0 Å². The SMILES string of the molecule is COc1ccc(Cl)cc1CN(C)Cn1ccc(C(F)(F)F)n1. The van der Waals surface area contributed by atoms with Gasteiger partial charge in [-0.05, 0) is 31.3 Å². The van der Waals surface area contributed by atoms with Crippen LogP contribution in [0.25, 0.3) is 0 Å². The maximum atomic E-state index is 12.5. The number of rotatable bonds is 5. The molecule has 0 atom stereocenters. The van der Waals surface area contributed by atoms with Gasteiger partial charge in [0.25, 0.3) is 0 Å². The van der Waals surface area contributed by atoms with Gasteiger partial charge in [-0.15, -0.1) is 0 Å². The number of benzene rings is 1. The Morgan fingerprint density at radius 3 is 2.64 bits per heavy atom. The fourth-order valence-electron chi connectivity index (χ4n) is 2.05. The molecule has 0 unspecified atom stereocenters. The number of alkyl halides is 3. The molecule has 1 heterocycles. The Bertz CT molecular complexity index is 643. The van der Waals surface area contributed by atoms with Crippen molar-refractivity contribution in [3.05, 3.63) is 46.7 Å². The van der Waals surface area contributed by atoms with Crippen molar-refractivity contribution in [2.24, 2.45) is 0 Å². The van der Waals surface area contributed by atoms with Gasteiger partial charge in [-0.1, -0.05) is 11.6 Å². The Balaban J connectivity index is 2.06. The lowest BCUT2D eigenvalue weighted by Crippen LogP contribution is -2.22. The zero-order valence-corrected chi connectivity index (χ0v) is 12.8. The van der Waals surface area contributed by atoms with Crippen LogP contribution in [0.3, 0.4) is 0 Å². The van der Waals surface area contributed by atoms with E-state index in [0.717, 1.165) is 11.6 Å². The molecule has 1 aromatic heterocycles. The first-order valence-corrected chi connectivity index (χ1v) is 6.79. The molecule has 1 aromatic carbocycles. The van der Waals surface area contributed by atoms with Gasteiger partial charge in [0.1, 0.15) is 5.75 Å². The van der Waals surface area contributed by atoms with Crippen LogP contribution < -0.4 is 4.74 Å². The number of methoxy groups -OCH3 is 1. The van der Waals surface area contributed by atoms with Crippen LogP contribution in [0.1, 0.15) is 11.3 Å². The van der Waals surface area contributed by atoms with E-state index in [1.807, 2.05) is 0 Å². The van der Waals surface area contributed by atoms with E-state index in [1.54, 1.807) is 37.3 Å². The van der Waals surface area contributed by atoms with Crippen LogP contribution in [-0.4, -0.2) is 28.8 Å². The molecule has 0 aliphatic heterocycles. The van der Waals surface area contributed by atoms with Crippen molar-refractivity contribution < 1.29 is 17.9 Å². The van der Waals surface area contributed by atoms with E-state index in [1.165, 1.54) is 10.9 Å². The molecule has 2 aromatic rings. The zero-order chi connectivity index (χ0) is 16.3. The molecular formula is C14H15ClF3N3O. The van der Waals surface area contributed by atoms with Crippen LogP contribution in [-0.2, 0) is 19.4 Å². The smallest absolute Gasteiger partial charge is 0.435 e. The summed E-state index contributed by atoms with van der Waals surface area (Å²) in [5.41, 5.74) is -0.0538. The van der Waals surface area contributed by atoms with Gasteiger partial charge in [0.05, 0.1) is 13.8 Å². The Hall–Kier alpha value is -1.73. The van der Waals surface area contributed by atoms with Crippen molar-refractivity contribution in [3.8, 4) is 5.75 Å². The standard InChI is InChI=1S/C14H15ClF3N3O/c1-20(8-10-7-11(15)3-4-12(10)22-2)9-21-6-5-13(19-21)14(16,17)18/h3-7H,8-9H2,1-2H3. The Morgan fingerprint density at radius 1 is 1.32 bits per heavy atom. The number of ether oxygens (including phenoxy) is 1. The summed E-state index contributed by atoms with van der Waals surface area (Å²) in [6.07, 6.45) is -3.13. The first-order valence-electron chi connectivity index (χ1n) is 6.41. The molecule has 0 bridgehead atoms. The van der Waals surface area contributed by atoms with Crippen LogP contribution >= 0.6 is 11.6 Å². The molecule has 0 radical (unpaired) electrons. The van der Waals surface area contributed by atoms with Gasteiger partial charge >= 0.3 is 6.18 Å². The molecule has 4 nitrogen and oxygen atoms in total. The van der Waals surface area contributed by atoms with Gasteiger partial charge in [0.2, 0.25) is 0 Å². The second kappa shape index (κ2) is 6.58. The molecule has 2 rings (SSSR count). The highest BCUT2D eigenvalue weighted by atomic mass is 35.5. The maximum absolute atomic E-state index is 12.5. The third-order valence-electron chi connectivity index (χ3n) is 3.00. The summed E-state index contributed by atoms with van der Waals surface area (Å²) in [7, 11) is 3.32. The lowest BCUT2D eigenvalue weighted by Gasteiger charge is -2.18. The predicted octanol–water partition coefficient (Wildman–Crippen LogP) is 3.65. The molecular weight excluding hydrogens is 319 g/mol. The predicted molar refractivity (Wildman–Crippen MR) is 76.7 cm³/mol. The fourth-order valence-corrected chi connectivity index (χ4v) is 2.25. The highest BCUT2D eigenvalue weighted by molar-refractivity contribution is 6.30. The highest BCUT2D eigenvalue weighted by Gasteiger charge is 2.33. The molecule has 120 valence electrons. The third kappa shape index (κ3) is 4.14. The molecule has 0 N–H and O–H groups in total. The summed E-state index contributed by atoms with van der Waals surface area (Å²) in [4.78, 5) is 1.81. The summed E-state index contributed by atoms with van der Waals surface area (Å²) in [5, 5.41) is 4.09. The van der Waals surface area contributed by atoms with E-state index in [4.69, 9.17) is 16.3 Å². The van der Waals surface area contributed by atoms with Gasteiger partial charge in [-0.3, -0.25) is 9.58 Å². The number of hydrogen-bond acceptors (Lipinski definition) is 3. The normalized spacial score (nSPS) is 12.0. The van der Waals surface area contributed by atoms with E-state index < -0.39 is 11.9 Å². The van der Waals surface area contributed by atoms with Gasteiger partial charge < -0.3 is 4.74 Å². The summed E-state index contributed by atoms with van der Waals surface area (Å²) in [6, 6.07) is 6.18. The molecule has 0 fully saturated rings. The molecule has 22 heavy (non-hydrogen) atoms. The van der Waals surface area contributed by atoms with Gasteiger partial charge in [-0.25, -0.2) is 0 Å². The van der Waals surface area contributed by atoms with Gasteiger partial charge in [0, 0.05) is 23.3 Å². The highest BCUT2D eigenvalue weighted by Crippen LogP contribution is 2.27. The first-order chi connectivity index (χ1) is 10.3. The van der Waals surface area contributed by atoms with Crippen LogP contribution in [0.4, 0.5) is 13.2 Å². The third-order valence-corrected chi connectivity index (χ3v) is 3.24. The minimum absolute atomic E-state index is 0.214. The second-order valence-corrected chi connectivity index (χ2v) is 5.29. The molecule has 0 saturated carbocycles. The number of aromatic nitrogens is 2. The van der Waals surface area contributed by atoms with Crippen LogP contribution in [0.5, 0.6) is 5.75 Å². The van der Waals surface area contributed by atoms with Crippen molar-refractivity contribution >= 4 is 11.6 Å². The van der Waals surface area contributed by atoms with E-state index in [2.05, 4.69) is 5.10 Å². The van der Waals surface area contributed by atoms with Crippen molar-refractivity contribution in [1.82, 2.24) is 14.7 Å². The quantitative estimate of drug-likeness (QED) is 0.836. The lowest BCUT2D eigenvalue weighted by atomic mass is 10.2. The van der Waals surface area contributed by atoms with E-state index in [9.17, 15) is 13.2 Å². The van der Waals surface area contributed by atoms with Gasteiger partial charge in [0.15, 0.2) is 5.69 Å². The molecule has 8 heteroatoms. The molecule has 0 aliphatic carbocycles. The maximum Gasteiger partial charge on any atom is 0.435 e. The number of hydrogen-bond donors (Lipinski definition) is 0. The Kier molecular flexibility index (Phi) is 4.97. The minimum atomic E-state index is -4.43. The first kappa shape index (κ1) is 16.6. The molecule has 0 aliphatic rings.